The monoisotopic (exact) mass is 423 g/mol. The van der Waals surface area contributed by atoms with Crippen LogP contribution in [0.3, 0.4) is 0 Å². The van der Waals surface area contributed by atoms with Crippen LogP contribution in [-0.2, 0) is 4.79 Å². The Morgan fingerprint density at radius 1 is 1.23 bits per heavy atom. The van der Waals surface area contributed by atoms with Crippen molar-refractivity contribution in [3.8, 4) is 0 Å². The molecule has 0 atom stereocenters. The fourth-order valence-electron chi connectivity index (χ4n) is 3.85. The smallest absolute Gasteiger partial charge is 0.318 e. The number of aryl methyl sites for hydroxylation is 1. The van der Waals surface area contributed by atoms with E-state index in [9.17, 15) is 22.8 Å². The first-order valence-electron chi connectivity index (χ1n) is 9.45. The number of urea groups is 1. The second kappa shape index (κ2) is 7.66. The molecule has 2 aliphatic rings. The molecule has 0 saturated heterocycles. The number of halogens is 3. The van der Waals surface area contributed by atoms with Crippen molar-refractivity contribution in [2.45, 2.75) is 38.2 Å². The largest absolute Gasteiger partial charge is 0.398 e. The first-order chi connectivity index (χ1) is 13.9. The Balaban J connectivity index is 1.81. The highest BCUT2D eigenvalue weighted by molar-refractivity contribution is 6.26. The summed E-state index contributed by atoms with van der Waals surface area (Å²) in [5.41, 5.74) is 11.6. The highest BCUT2D eigenvalue weighted by Crippen LogP contribution is 2.45. The molecule has 1 aromatic rings. The third-order valence-corrected chi connectivity index (χ3v) is 5.28. The fraction of sp³-hybridized carbons (Fsp3) is 0.450. The maximum Gasteiger partial charge on any atom is 0.318 e. The zero-order chi connectivity index (χ0) is 22.3. The summed E-state index contributed by atoms with van der Waals surface area (Å²) in [4.78, 5) is 30.4. The van der Waals surface area contributed by atoms with Gasteiger partial charge in [0.25, 0.3) is 11.8 Å². The van der Waals surface area contributed by atoms with Gasteiger partial charge in [0.15, 0.2) is 0 Å². The van der Waals surface area contributed by atoms with Crippen molar-refractivity contribution >= 4 is 23.3 Å². The molecular formula is C20H24F3N5O2. The number of hydrogen-bond donors (Lipinski definition) is 3. The number of aliphatic imine (C=N–C) groups is 1. The normalized spacial score (nSPS) is 20.6. The van der Waals surface area contributed by atoms with Crippen LogP contribution in [0.5, 0.6) is 0 Å². The third kappa shape index (κ3) is 4.42. The Morgan fingerprint density at radius 2 is 1.90 bits per heavy atom. The molecule has 1 saturated carbocycles. The van der Waals surface area contributed by atoms with E-state index in [1.807, 2.05) is 0 Å². The Kier molecular flexibility index (Phi) is 5.53. The molecule has 0 aromatic heterocycles. The van der Waals surface area contributed by atoms with E-state index in [0.717, 1.165) is 0 Å². The summed E-state index contributed by atoms with van der Waals surface area (Å²) in [7, 11) is 0. The lowest BCUT2D eigenvalue weighted by atomic mass is 9.75. The molecular weight excluding hydrogens is 399 g/mol. The van der Waals surface area contributed by atoms with E-state index in [1.165, 1.54) is 23.1 Å². The van der Waals surface area contributed by atoms with Crippen LogP contribution in [0.4, 0.5) is 18.0 Å². The molecule has 1 heterocycles. The minimum Gasteiger partial charge on any atom is -0.398 e. The van der Waals surface area contributed by atoms with Crippen LogP contribution in [0.25, 0.3) is 5.70 Å². The van der Waals surface area contributed by atoms with Crippen LogP contribution in [0.15, 0.2) is 28.8 Å². The quantitative estimate of drug-likeness (QED) is 0.643. The van der Waals surface area contributed by atoms with E-state index in [4.69, 9.17) is 11.5 Å². The molecule has 7 nitrogen and oxygen atoms in total. The molecule has 3 rings (SSSR count). The minimum atomic E-state index is -2.78. The topological polar surface area (TPSA) is 114 Å². The molecule has 0 unspecified atom stereocenters. The van der Waals surface area contributed by atoms with Crippen LogP contribution in [-0.4, -0.2) is 53.6 Å². The van der Waals surface area contributed by atoms with E-state index < -0.39 is 42.1 Å². The van der Waals surface area contributed by atoms with E-state index in [0.29, 0.717) is 11.1 Å². The molecule has 1 aliphatic carbocycles. The Labute approximate surface area is 172 Å². The Hall–Kier alpha value is -3.04. The Bertz CT molecular complexity index is 950. The van der Waals surface area contributed by atoms with E-state index in [-0.39, 0.29) is 36.6 Å². The maximum absolute atomic E-state index is 13.6. The van der Waals surface area contributed by atoms with Crippen LogP contribution in [0.2, 0.25) is 0 Å². The minimum absolute atomic E-state index is 0.0252. The summed E-state index contributed by atoms with van der Waals surface area (Å²) in [6, 6.07) is 3.61. The number of nitrogens with zero attached hydrogens (tertiary/aromatic N) is 2. The standard InChI is InChI=1S/C20H24F3N5O2/c1-11-7-12(3-4-13(11)21)16(24)15(17(25)29)14-8-28(6-5-26-14)18(30)27-19(2)9-20(22,23)10-19/h3-4,7H,5-6,8-10,24H2,1-2H3,(H2,25,29)(H,27,30). The van der Waals surface area contributed by atoms with Gasteiger partial charge in [0, 0.05) is 19.4 Å². The molecule has 3 amide bonds. The maximum atomic E-state index is 13.6. The van der Waals surface area contributed by atoms with E-state index in [2.05, 4.69) is 10.3 Å². The van der Waals surface area contributed by atoms with Gasteiger partial charge in [-0.3, -0.25) is 9.79 Å². The number of carbonyl (C=O) groups is 2. The molecule has 0 spiro atoms. The van der Waals surface area contributed by atoms with Crippen molar-refractivity contribution in [2.24, 2.45) is 16.5 Å². The predicted molar refractivity (Wildman–Crippen MR) is 106 cm³/mol. The van der Waals surface area contributed by atoms with Crippen LogP contribution < -0.4 is 16.8 Å². The summed E-state index contributed by atoms with van der Waals surface area (Å²) >= 11 is 0. The van der Waals surface area contributed by atoms with E-state index in [1.54, 1.807) is 13.8 Å². The molecule has 1 fully saturated rings. The first-order valence-corrected chi connectivity index (χ1v) is 9.45. The number of hydrogen-bond acceptors (Lipinski definition) is 4. The molecule has 1 aromatic carbocycles. The van der Waals surface area contributed by atoms with Gasteiger partial charge in [0.05, 0.1) is 35.6 Å². The lowest BCUT2D eigenvalue weighted by Gasteiger charge is -2.46. The molecule has 5 N–H and O–H groups in total. The number of nitrogens with two attached hydrogens (primary N) is 2. The SMILES string of the molecule is Cc1cc(C(N)=C(C(N)=O)C2=NCCN(C(=O)NC3(C)CC(F)(F)C3)C2)ccc1F. The average Bonchev–Trinajstić information content (AvgIpc) is 2.62. The number of carbonyl (C=O) groups excluding carboxylic acids is 2. The zero-order valence-electron chi connectivity index (χ0n) is 16.8. The summed E-state index contributed by atoms with van der Waals surface area (Å²) in [5.74, 6) is -4.03. The molecule has 10 heteroatoms. The highest BCUT2D eigenvalue weighted by atomic mass is 19.3. The van der Waals surface area contributed by atoms with Crippen LogP contribution in [0, 0.1) is 12.7 Å². The van der Waals surface area contributed by atoms with Gasteiger partial charge >= 0.3 is 6.03 Å². The number of alkyl halides is 2. The molecule has 0 bridgehead atoms. The first kappa shape index (κ1) is 21.7. The average molecular weight is 423 g/mol. The number of benzene rings is 1. The van der Waals surface area contributed by atoms with E-state index >= 15 is 0 Å². The van der Waals surface area contributed by atoms with Crippen molar-refractivity contribution in [2.75, 3.05) is 19.6 Å². The van der Waals surface area contributed by atoms with Gasteiger partial charge in [-0.2, -0.15) is 0 Å². The van der Waals surface area contributed by atoms with Gasteiger partial charge in [-0.15, -0.1) is 0 Å². The number of rotatable bonds is 4. The predicted octanol–water partition coefficient (Wildman–Crippen LogP) is 1.94. The lowest BCUT2D eigenvalue weighted by molar-refractivity contribution is -0.124. The second-order valence-electron chi connectivity index (χ2n) is 8.07. The van der Waals surface area contributed by atoms with Gasteiger partial charge in [0.2, 0.25) is 0 Å². The second-order valence-corrected chi connectivity index (χ2v) is 8.07. The highest BCUT2D eigenvalue weighted by Gasteiger charge is 2.54. The number of nitrogens with one attached hydrogen (secondary N) is 1. The van der Waals surface area contributed by atoms with Gasteiger partial charge < -0.3 is 21.7 Å². The number of primary amides is 1. The van der Waals surface area contributed by atoms with Crippen LogP contribution in [0.1, 0.15) is 30.9 Å². The molecule has 0 radical (unpaired) electrons. The van der Waals surface area contributed by atoms with Crippen molar-refractivity contribution < 1.29 is 22.8 Å². The summed E-state index contributed by atoms with van der Waals surface area (Å²) in [5, 5.41) is 2.63. The van der Waals surface area contributed by atoms with Gasteiger partial charge in [-0.1, -0.05) is 0 Å². The van der Waals surface area contributed by atoms with Gasteiger partial charge in [0.1, 0.15) is 5.82 Å². The third-order valence-electron chi connectivity index (χ3n) is 5.28. The Morgan fingerprint density at radius 3 is 2.47 bits per heavy atom. The van der Waals surface area contributed by atoms with Crippen molar-refractivity contribution in [1.29, 1.82) is 0 Å². The van der Waals surface area contributed by atoms with Crippen molar-refractivity contribution in [1.82, 2.24) is 10.2 Å². The summed E-state index contributed by atoms with van der Waals surface area (Å²) in [6.07, 6.45) is -0.854. The van der Waals surface area contributed by atoms with Crippen molar-refractivity contribution in [3.05, 3.63) is 40.7 Å². The molecule has 162 valence electrons. The summed E-state index contributed by atoms with van der Waals surface area (Å²) in [6.45, 7) is 3.51. The van der Waals surface area contributed by atoms with Gasteiger partial charge in [-0.25, -0.2) is 18.0 Å². The number of amides is 3. The zero-order valence-corrected chi connectivity index (χ0v) is 16.8. The van der Waals surface area contributed by atoms with Crippen molar-refractivity contribution in [3.63, 3.8) is 0 Å². The van der Waals surface area contributed by atoms with Crippen LogP contribution >= 0.6 is 0 Å². The molecule has 30 heavy (non-hydrogen) atoms. The van der Waals surface area contributed by atoms with Gasteiger partial charge in [-0.05, 0) is 43.2 Å². The fourth-order valence-corrected chi connectivity index (χ4v) is 3.85. The summed E-state index contributed by atoms with van der Waals surface area (Å²) < 4.78 is 40.0. The lowest BCUT2D eigenvalue weighted by Crippen LogP contribution is -2.63. The molecule has 1 aliphatic heterocycles.